The first-order chi connectivity index (χ1) is 7.70. The zero-order valence-electron chi connectivity index (χ0n) is 8.30. The highest BCUT2D eigenvalue weighted by Gasteiger charge is 2.08. The lowest BCUT2D eigenvalue weighted by atomic mass is 10.1. The normalized spacial score (nSPS) is 10.7. The van der Waals surface area contributed by atoms with Gasteiger partial charge in [-0.2, -0.15) is 0 Å². The molecule has 2 aromatic rings. The number of hydrogen-bond donors (Lipinski definition) is 1. The number of nitrogens with zero attached hydrogens (tertiary/aromatic N) is 1. The van der Waals surface area contributed by atoms with Gasteiger partial charge in [0.05, 0.1) is 11.9 Å². The fourth-order valence-corrected chi connectivity index (χ4v) is 1.96. The molecule has 0 fully saturated rings. The lowest BCUT2D eigenvalue weighted by Crippen LogP contribution is -1.89. The van der Waals surface area contributed by atoms with Gasteiger partial charge in [0.15, 0.2) is 0 Å². The van der Waals surface area contributed by atoms with Crippen molar-refractivity contribution in [3.63, 3.8) is 0 Å². The van der Waals surface area contributed by atoms with E-state index in [0.29, 0.717) is 23.6 Å². The van der Waals surface area contributed by atoms with E-state index in [0.717, 1.165) is 10.3 Å². The van der Waals surface area contributed by atoms with Gasteiger partial charge in [-0.3, -0.25) is 0 Å². The summed E-state index contributed by atoms with van der Waals surface area (Å²) in [6.07, 6.45) is 2.27. The Kier molecular flexibility index (Phi) is 3.61. The molecule has 1 heterocycles. The van der Waals surface area contributed by atoms with Crippen LogP contribution >= 0.6 is 27.5 Å². The van der Waals surface area contributed by atoms with Crippen LogP contribution in [0.2, 0.25) is 0 Å². The number of H-pyrrole nitrogens is 1. The second-order valence-electron chi connectivity index (χ2n) is 3.31. The molecule has 2 nitrogen and oxygen atoms in total. The maximum atomic E-state index is 13.6. The average molecular weight is 304 g/mol. The zero-order chi connectivity index (χ0) is 11.5. The van der Waals surface area contributed by atoms with Crippen molar-refractivity contribution in [2.75, 3.05) is 5.88 Å². The molecular formula is C11H9BrClFN2. The highest BCUT2D eigenvalue weighted by atomic mass is 79.9. The fraction of sp³-hybridized carbons (Fsp3) is 0.182. The molecule has 0 saturated heterocycles. The monoisotopic (exact) mass is 302 g/mol. The molecule has 0 aliphatic rings. The van der Waals surface area contributed by atoms with Gasteiger partial charge >= 0.3 is 0 Å². The summed E-state index contributed by atoms with van der Waals surface area (Å²) >= 11 is 8.92. The number of aryl methyl sites for hydroxylation is 1. The summed E-state index contributed by atoms with van der Waals surface area (Å²) in [6, 6.07) is 4.80. The highest BCUT2D eigenvalue weighted by Crippen LogP contribution is 2.24. The van der Waals surface area contributed by atoms with Crippen molar-refractivity contribution in [3.8, 4) is 11.3 Å². The van der Waals surface area contributed by atoms with Crippen LogP contribution in [0.4, 0.5) is 4.39 Å². The van der Waals surface area contributed by atoms with Crippen LogP contribution in [0, 0.1) is 5.82 Å². The first kappa shape index (κ1) is 11.6. The van der Waals surface area contributed by atoms with Crippen molar-refractivity contribution < 1.29 is 4.39 Å². The van der Waals surface area contributed by atoms with Gasteiger partial charge in [0.1, 0.15) is 11.6 Å². The van der Waals surface area contributed by atoms with Gasteiger partial charge in [0.25, 0.3) is 0 Å². The molecule has 0 aliphatic heterocycles. The van der Waals surface area contributed by atoms with E-state index in [9.17, 15) is 4.39 Å². The van der Waals surface area contributed by atoms with Gasteiger partial charge in [-0.05, 0) is 18.2 Å². The molecule has 0 radical (unpaired) electrons. The van der Waals surface area contributed by atoms with Crippen LogP contribution in [0.15, 0.2) is 28.9 Å². The van der Waals surface area contributed by atoms with Crippen molar-refractivity contribution in [1.29, 1.82) is 0 Å². The van der Waals surface area contributed by atoms with Gasteiger partial charge in [0, 0.05) is 22.3 Å². The standard InChI is InChI=1S/C11H9BrClFN2/c12-7-1-2-9(14)8(5-7)10-6-15-11(16-10)3-4-13/h1-2,5-6H,3-4H2,(H,15,16). The summed E-state index contributed by atoms with van der Waals surface area (Å²) in [5.41, 5.74) is 1.17. The topological polar surface area (TPSA) is 28.7 Å². The van der Waals surface area contributed by atoms with E-state index in [1.807, 2.05) is 0 Å². The number of alkyl halides is 1. The Balaban J connectivity index is 2.38. The molecular weight excluding hydrogens is 294 g/mol. The van der Waals surface area contributed by atoms with Crippen molar-refractivity contribution >= 4 is 27.5 Å². The zero-order valence-corrected chi connectivity index (χ0v) is 10.6. The number of aromatic amines is 1. The third-order valence-electron chi connectivity index (χ3n) is 2.18. The minimum Gasteiger partial charge on any atom is -0.342 e. The highest BCUT2D eigenvalue weighted by molar-refractivity contribution is 9.10. The summed E-state index contributed by atoms with van der Waals surface area (Å²) in [5, 5.41) is 0. The number of hydrogen-bond acceptors (Lipinski definition) is 1. The smallest absolute Gasteiger partial charge is 0.132 e. The first-order valence-corrected chi connectivity index (χ1v) is 6.08. The Morgan fingerprint density at radius 3 is 3.00 bits per heavy atom. The van der Waals surface area contributed by atoms with Crippen LogP contribution < -0.4 is 0 Å². The van der Waals surface area contributed by atoms with Crippen molar-refractivity contribution in [2.24, 2.45) is 0 Å². The summed E-state index contributed by atoms with van der Waals surface area (Å²) in [5.74, 6) is 0.988. The lowest BCUT2D eigenvalue weighted by molar-refractivity contribution is 0.630. The van der Waals surface area contributed by atoms with E-state index >= 15 is 0 Å². The molecule has 0 unspecified atom stereocenters. The summed E-state index contributed by atoms with van der Waals surface area (Å²) in [6.45, 7) is 0. The molecule has 0 amide bonds. The number of benzene rings is 1. The molecule has 2 rings (SSSR count). The molecule has 84 valence electrons. The Labute approximate surface area is 106 Å². The SMILES string of the molecule is Fc1ccc(Br)cc1-c1cnc(CCCl)[nH]1. The Bertz CT molecular complexity index is 498. The minimum absolute atomic E-state index is 0.274. The van der Waals surface area contributed by atoms with Crippen LogP contribution in [0.1, 0.15) is 5.82 Å². The van der Waals surface area contributed by atoms with Gasteiger partial charge in [0.2, 0.25) is 0 Å². The van der Waals surface area contributed by atoms with Crippen LogP contribution in [-0.4, -0.2) is 15.8 Å². The van der Waals surface area contributed by atoms with E-state index < -0.39 is 0 Å². The van der Waals surface area contributed by atoms with Crippen LogP contribution in [0.3, 0.4) is 0 Å². The molecule has 0 bridgehead atoms. The molecule has 0 atom stereocenters. The number of imidazole rings is 1. The van der Waals surface area contributed by atoms with Crippen molar-refractivity contribution in [3.05, 3.63) is 40.5 Å². The average Bonchev–Trinajstić information content (AvgIpc) is 2.71. The van der Waals surface area contributed by atoms with Crippen molar-refractivity contribution in [1.82, 2.24) is 9.97 Å². The third kappa shape index (κ3) is 2.44. The maximum absolute atomic E-state index is 13.6. The van der Waals surface area contributed by atoms with E-state index in [2.05, 4.69) is 25.9 Å². The summed E-state index contributed by atoms with van der Waals surface area (Å²) in [7, 11) is 0. The quantitative estimate of drug-likeness (QED) is 0.859. The fourth-order valence-electron chi connectivity index (χ4n) is 1.42. The molecule has 1 N–H and O–H groups in total. The van der Waals surface area contributed by atoms with Gasteiger partial charge in [-0.15, -0.1) is 11.6 Å². The van der Waals surface area contributed by atoms with Crippen LogP contribution in [0.5, 0.6) is 0 Å². The third-order valence-corrected chi connectivity index (χ3v) is 2.86. The molecule has 0 aliphatic carbocycles. The van der Waals surface area contributed by atoms with Gasteiger partial charge in [-0.1, -0.05) is 15.9 Å². The second-order valence-corrected chi connectivity index (χ2v) is 4.60. The van der Waals surface area contributed by atoms with Gasteiger partial charge in [-0.25, -0.2) is 9.37 Å². The Morgan fingerprint density at radius 2 is 2.25 bits per heavy atom. The lowest BCUT2D eigenvalue weighted by Gasteiger charge is -2.00. The number of nitrogens with one attached hydrogen (secondary N) is 1. The molecule has 0 spiro atoms. The first-order valence-electron chi connectivity index (χ1n) is 4.76. The summed E-state index contributed by atoms with van der Waals surface area (Å²) < 4.78 is 14.4. The molecule has 1 aromatic heterocycles. The van der Waals surface area contributed by atoms with Gasteiger partial charge < -0.3 is 4.98 Å². The van der Waals surface area contributed by atoms with E-state index in [1.165, 1.54) is 6.07 Å². The second kappa shape index (κ2) is 4.97. The van der Waals surface area contributed by atoms with E-state index in [-0.39, 0.29) is 5.82 Å². The predicted molar refractivity (Wildman–Crippen MR) is 66.1 cm³/mol. The summed E-state index contributed by atoms with van der Waals surface area (Å²) in [4.78, 5) is 7.17. The predicted octanol–water partition coefficient (Wildman–Crippen LogP) is 3.76. The molecule has 0 saturated carbocycles. The number of rotatable bonds is 3. The van der Waals surface area contributed by atoms with E-state index in [1.54, 1.807) is 18.3 Å². The van der Waals surface area contributed by atoms with Crippen LogP contribution in [-0.2, 0) is 6.42 Å². The maximum Gasteiger partial charge on any atom is 0.132 e. The molecule has 16 heavy (non-hydrogen) atoms. The number of halogens is 3. The molecule has 1 aromatic carbocycles. The molecule has 5 heteroatoms. The van der Waals surface area contributed by atoms with Crippen molar-refractivity contribution in [2.45, 2.75) is 6.42 Å². The minimum atomic E-state index is -0.274. The van der Waals surface area contributed by atoms with Crippen LogP contribution in [0.25, 0.3) is 11.3 Å². The number of aromatic nitrogens is 2. The van der Waals surface area contributed by atoms with E-state index in [4.69, 9.17) is 11.6 Å². The largest absolute Gasteiger partial charge is 0.342 e. The Hall–Kier alpha value is -0.870. The Morgan fingerprint density at radius 1 is 1.44 bits per heavy atom.